The minimum Gasteiger partial charge on any atom is -0.507 e. The van der Waals surface area contributed by atoms with Crippen molar-refractivity contribution in [3.63, 3.8) is 0 Å². The monoisotopic (exact) mass is 1420 g/mol. The Hall–Kier alpha value is -10.5. The van der Waals surface area contributed by atoms with Gasteiger partial charge in [-0.2, -0.15) is 10.5 Å². The molecule has 4 bridgehead atoms. The number of aromatic hydroxyl groups is 2. The number of ether oxygens (including phenoxy) is 9. The molecule has 10 atom stereocenters. The zero-order valence-electron chi connectivity index (χ0n) is 59.8. The molecule has 0 saturated carbocycles. The second-order valence-corrected chi connectivity index (χ2v) is 28.0. The number of piperazine rings is 2. The maximum atomic E-state index is 13.9. The Morgan fingerprint density at radius 2 is 0.990 bits per heavy atom. The number of methoxy groups -OCH3 is 3. The number of nitriles is 2. The number of hydrogen-bond donors (Lipinski definition) is 3. The van der Waals surface area contributed by atoms with E-state index in [0.29, 0.717) is 146 Å². The van der Waals surface area contributed by atoms with Crippen LogP contribution in [0.4, 0.5) is 0 Å². The van der Waals surface area contributed by atoms with Gasteiger partial charge in [0.2, 0.25) is 13.6 Å². The smallest absolute Gasteiger partial charge is 0.311 e. The van der Waals surface area contributed by atoms with Gasteiger partial charge in [-0.15, -0.1) is 0 Å². The first kappa shape index (κ1) is 70.6. The zero-order valence-corrected chi connectivity index (χ0v) is 59.8. The zero-order chi connectivity index (χ0) is 73.8. The predicted molar refractivity (Wildman–Crippen MR) is 372 cm³/mol. The van der Waals surface area contributed by atoms with E-state index in [-0.39, 0.29) is 75.6 Å². The Kier molecular flexibility index (Phi) is 18.7. The van der Waals surface area contributed by atoms with Crippen LogP contribution in [0, 0.1) is 50.4 Å². The summed E-state index contributed by atoms with van der Waals surface area (Å²) in [7, 11) is 8.69. The summed E-state index contributed by atoms with van der Waals surface area (Å²) in [5, 5.41) is 53.4. The van der Waals surface area contributed by atoms with Crippen LogP contribution < -0.4 is 37.9 Å². The molecular formula is C78H82N8O18. The summed E-state index contributed by atoms with van der Waals surface area (Å²) in [5.41, 5.74) is 10.4. The highest BCUT2D eigenvalue weighted by molar-refractivity contribution is 6.22. The molecule has 26 nitrogen and oxygen atoms in total. The van der Waals surface area contributed by atoms with E-state index in [1.807, 2.05) is 54.8 Å². The lowest BCUT2D eigenvalue weighted by molar-refractivity contribution is -0.137. The fourth-order valence-electron chi connectivity index (χ4n) is 18.1. The molecule has 2 saturated heterocycles. The average molecular weight is 1420 g/mol. The van der Waals surface area contributed by atoms with Gasteiger partial charge >= 0.3 is 11.9 Å². The van der Waals surface area contributed by atoms with E-state index in [2.05, 4.69) is 37.8 Å². The van der Waals surface area contributed by atoms with Gasteiger partial charge < -0.3 is 58.0 Å². The predicted octanol–water partition coefficient (Wildman–Crippen LogP) is 9.19. The largest absolute Gasteiger partial charge is 0.507 e. The number of fused-ring (bicyclic) bond motifs is 20. The molecule has 3 N–H and O–H groups in total. The lowest BCUT2D eigenvalue weighted by Crippen LogP contribution is -2.69. The molecule has 542 valence electrons. The van der Waals surface area contributed by atoms with Crippen LogP contribution in [0.2, 0.25) is 0 Å². The number of aliphatic carboxylic acids is 1. The van der Waals surface area contributed by atoms with Crippen LogP contribution in [0.3, 0.4) is 0 Å². The normalized spacial score (nSPS) is 24.0. The van der Waals surface area contributed by atoms with Crippen molar-refractivity contribution in [3.8, 4) is 69.6 Å². The van der Waals surface area contributed by atoms with E-state index in [0.717, 1.165) is 34.2 Å². The molecule has 0 aromatic heterocycles. The summed E-state index contributed by atoms with van der Waals surface area (Å²) >= 11 is 0. The lowest BCUT2D eigenvalue weighted by Gasteiger charge is -2.60. The van der Waals surface area contributed by atoms with Gasteiger partial charge in [0, 0.05) is 102 Å². The van der Waals surface area contributed by atoms with E-state index in [1.165, 1.54) is 16.9 Å². The van der Waals surface area contributed by atoms with Gasteiger partial charge in [-0.25, -0.2) is 0 Å². The van der Waals surface area contributed by atoms with Crippen LogP contribution in [-0.4, -0.2) is 185 Å². The number of likely N-dealkylation sites (N-methyl/N-ethyl adjacent to an activating group) is 2. The summed E-state index contributed by atoms with van der Waals surface area (Å²) in [4.78, 5) is 89.2. The minimum atomic E-state index is -0.745. The first-order chi connectivity index (χ1) is 50.1. The van der Waals surface area contributed by atoms with Crippen LogP contribution in [0.1, 0.15) is 172 Å². The second-order valence-electron chi connectivity index (χ2n) is 28.0. The molecule has 0 spiro atoms. The van der Waals surface area contributed by atoms with Crippen LogP contribution >= 0.6 is 0 Å². The highest BCUT2D eigenvalue weighted by Gasteiger charge is 2.60. The SMILES string of the molecule is CCCC(=O)O.CCCC(=O)Oc1c(C)c2c(c3c1CC1[C@H]4c5c(cc(C)c(OC)c5O)C[C@@H](C(C#N)N1[C@H]3CN1C(=O)c3ccccc3C1=O)N4C)OCO2.COCOc1c(OC)c(C)cc2c1[C@@H]1C3Cc4c(O)c(C)c5c(c4[C@H](CN4C(=O)c6ccccc6C4=O)N3C(C#N)[C@H](C2)N1C)OCO5. The van der Waals surface area contributed by atoms with Crippen molar-refractivity contribution < 1.29 is 86.7 Å². The third-order valence-corrected chi connectivity index (χ3v) is 22.5. The van der Waals surface area contributed by atoms with Gasteiger partial charge in [-0.1, -0.05) is 50.2 Å². The van der Waals surface area contributed by atoms with Gasteiger partial charge in [-0.05, 0) is 127 Å². The average Bonchev–Trinajstić information content (AvgIpc) is 0.876. The van der Waals surface area contributed by atoms with E-state index >= 15 is 0 Å². The number of phenolic OH excluding ortho intramolecular Hbond substituents is 2. The number of amides is 4. The van der Waals surface area contributed by atoms with Gasteiger partial charge in [0.1, 0.15) is 23.6 Å². The first-order valence-electron chi connectivity index (χ1n) is 35.0. The summed E-state index contributed by atoms with van der Waals surface area (Å²) in [6.45, 7) is 11.0. The molecular weight excluding hydrogens is 1340 g/mol. The molecule has 16 rings (SSSR count). The van der Waals surface area contributed by atoms with Gasteiger partial charge in [0.15, 0.2) is 52.8 Å². The number of carboxylic acids is 1. The summed E-state index contributed by atoms with van der Waals surface area (Å²) in [6.07, 6.45) is 3.54. The van der Waals surface area contributed by atoms with Crippen molar-refractivity contribution in [1.29, 1.82) is 10.5 Å². The number of phenols is 2. The number of carbonyl (C=O) groups is 6. The topological polar surface area (TPSA) is 313 Å². The molecule has 10 heterocycles. The van der Waals surface area contributed by atoms with Crippen molar-refractivity contribution in [3.05, 3.63) is 150 Å². The number of esters is 1. The summed E-state index contributed by atoms with van der Waals surface area (Å²) < 4.78 is 53.3. The Morgan fingerprint density at radius 3 is 1.44 bits per heavy atom. The summed E-state index contributed by atoms with van der Waals surface area (Å²) in [5.74, 6) is 1.10. The third kappa shape index (κ3) is 11.0. The molecule has 0 radical (unpaired) electrons. The Morgan fingerprint density at radius 1 is 0.548 bits per heavy atom. The molecule has 6 aromatic rings. The highest BCUT2D eigenvalue weighted by atomic mass is 16.7. The van der Waals surface area contributed by atoms with E-state index < -0.39 is 71.8 Å². The van der Waals surface area contributed by atoms with Gasteiger partial charge in [-0.3, -0.25) is 58.2 Å². The van der Waals surface area contributed by atoms with E-state index in [4.69, 9.17) is 47.7 Å². The molecule has 4 amide bonds. The van der Waals surface area contributed by atoms with Crippen molar-refractivity contribution in [2.75, 3.05) is 68.9 Å². The van der Waals surface area contributed by atoms with Crippen molar-refractivity contribution >= 4 is 35.6 Å². The quantitative estimate of drug-likeness (QED) is 0.0396. The maximum absolute atomic E-state index is 13.9. The van der Waals surface area contributed by atoms with Crippen molar-refractivity contribution in [2.45, 2.75) is 153 Å². The Balaban J connectivity index is 0.000000163. The number of hydrogen-bond acceptors (Lipinski definition) is 23. The maximum Gasteiger partial charge on any atom is 0.311 e. The highest BCUT2D eigenvalue weighted by Crippen LogP contribution is 2.62. The Bertz CT molecular complexity index is 4630. The number of nitrogens with zero attached hydrogens (tertiary/aromatic N) is 8. The van der Waals surface area contributed by atoms with Crippen molar-refractivity contribution in [1.82, 2.24) is 29.4 Å². The molecule has 0 aliphatic carbocycles. The molecule has 10 aliphatic heterocycles. The number of carbonyl (C=O) groups excluding carboxylic acids is 5. The van der Waals surface area contributed by atoms with Crippen molar-refractivity contribution in [2.24, 2.45) is 0 Å². The molecule has 2 fully saturated rings. The first-order valence-corrected chi connectivity index (χ1v) is 35.0. The standard InChI is InChI=1S/C38H38N4O8.C36H36N4O8.C4H8O2/c1-6-9-28(43)50-34-19(3)35-36(49-17-48-35)30-23(34)14-25-31-29-20(12-18(2)33(47-5)32(29)44)13-24(40(31)4)26(15-39)42(25)27(30)16-41-37(45)21-10-7-8-11-22(21)38(41)46;1-17-10-19-11-23-25(13-37)40-24(29(38(23)3)27(19)33(31(17)45-5)46-15-44-4)12-22-28(34-32(47-16-48-34)18(2)30(22)41)26(40)14-39-35(42)20-8-6-7-9-21(20)36(39)43;1-2-3-4(5)6/h7-8,10-12,24-27,31,44H,6,9,13-14,16-17H2,1-5H3;6-10,23-26,29,41H,11-12,14-16H2,1-5H3;2-3H2,1H3,(H,5,6)/t24-,25?,26?,27-,31-;23-,24?,25?,26-,29-;/m00./s1. The van der Waals surface area contributed by atoms with Crippen LogP contribution in [0.5, 0.6) is 57.5 Å². The summed E-state index contributed by atoms with van der Waals surface area (Å²) in [6, 6.07) is 18.0. The van der Waals surface area contributed by atoms with Crippen LogP contribution in [0.25, 0.3) is 0 Å². The third-order valence-electron chi connectivity index (χ3n) is 22.5. The Labute approximate surface area is 601 Å². The van der Waals surface area contributed by atoms with Crippen LogP contribution in [0.15, 0.2) is 60.7 Å². The molecule has 26 heteroatoms. The lowest BCUT2D eigenvalue weighted by atomic mass is 9.71. The number of carboxylic acid groups (broad SMARTS) is 1. The number of aryl methyl sites for hydroxylation is 2. The molecule has 4 unspecified atom stereocenters. The molecule has 6 aromatic carbocycles. The fourth-order valence-corrected chi connectivity index (χ4v) is 18.1. The van der Waals surface area contributed by atoms with Crippen LogP contribution in [-0.2, 0) is 40.0 Å². The van der Waals surface area contributed by atoms with E-state index in [9.17, 15) is 49.5 Å². The second kappa shape index (κ2) is 27.6. The molecule has 10 aliphatic rings. The minimum absolute atomic E-state index is 0.00990. The number of benzene rings is 6. The van der Waals surface area contributed by atoms with Gasteiger partial charge in [0.05, 0.1) is 72.8 Å². The number of rotatable bonds is 14. The molecule has 104 heavy (non-hydrogen) atoms. The van der Waals surface area contributed by atoms with Gasteiger partial charge in [0.25, 0.3) is 23.6 Å². The fraction of sp³-hybridized carbons (Fsp3) is 0.436. The number of imide groups is 2. The van der Waals surface area contributed by atoms with E-state index in [1.54, 1.807) is 69.7 Å².